The zero-order chi connectivity index (χ0) is 20.2. The Kier molecular flexibility index (Phi) is 5.46. The van der Waals surface area contributed by atoms with Gasteiger partial charge in [-0.05, 0) is 48.2 Å². The maximum Gasteiger partial charge on any atom is 0.246 e. The van der Waals surface area contributed by atoms with Crippen LogP contribution < -0.4 is 15.5 Å². The number of aliphatic imine (C=N–C) groups is 1. The number of fused-ring (bicyclic) bond motifs is 2. The Morgan fingerprint density at radius 1 is 1.24 bits per heavy atom. The summed E-state index contributed by atoms with van der Waals surface area (Å²) >= 11 is 0. The quantitative estimate of drug-likeness (QED) is 0.461. The molecule has 2 heterocycles. The number of rotatable bonds is 5. The Bertz CT molecular complexity index is 1060. The molecule has 1 aliphatic heterocycles. The molecule has 6 nitrogen and oxygen atoms in total. The van der Waals surface area contributed by atoms with Crippen molar-refractivity contribution in [3.8, 4) is 0 Å². The van der Waals surface area contributed by atoms with Crippen molar-refractivity contribution in [2.24, 2.45) is 4.99 Å². The van der Waals surface area contributed by atoms with E-state index in [-0.39, 0.29) is 18.3 Å². The third kappa shape index (κ3) is 4.08. The van der Waals surface area contributed by atoms with Gasteiger partial charge in [-0.15, -0.1) is 0 Å². The molecular weight excluding hydrogens is 369 g/mol. The number of carbonyl (C=O) groups excluding carboxylic acids is 1. The van der Waals surface area contributed by atoms with Gasteiger partial charge >= 0.3 is 0 Å². The first-order chi connectivity index (χ1) is 14.2. The molecule has 2 aromatic carbocycles. The highest BCUT2D eigenvalue weighted by Crippen LogP contribution is 2.27. The van der Waals surface area contributed by atoms with Crippen molar-refractivity contribution in [2.75, 3.05) is 31.6 Å². The first-order valence-corrected chi connectivity index (χ1v) is 9.74. The van der Waals surface area contributed by atoms with Crippen LogP contribution in [0.4, 0.5) is 10.1 Å². The molecular formula is C22H24FN5O. The average molecular weight is 393 g/mol. The van der Waals surface area contributed by atoms with Crippen LogP contribution in [-0.4, -0.2) is 43.5 Å². The van der Waals surface area contributed by atoms with Gasteiger partial charge in [-0.3, -0.25) is 9.79 Å². The van der Waals surface area contributed by atoms with E-state index in [0.717, 1.165) is 35.0 Å². The van der Waals surface area contributed by atoms with E-state index in [4.69, 9.17) is 0 Å². The molecule has 0 spiro atoms. The smallest absolute Gasteiger partial charge is 0.246 e. The fraction of sp³-hybridized carbons (Fsp3) is 0.273. The number of nitrogens with zero attached hydrogens (tertiary/aromatic N) is 2. The van der Waals surface area contributed by atoms with Crippen LogP contribution in [0.1, 0.15) is 11.1 Å². The fourth-order valence-corrected chi connectivity index (χ4v) is 3.75. The van der Waals surface area contributed by atoms with Crippen LogP contribution in [0.15, 0.2) is 53.7 Å². The third-order valence-electron chi connectivity index (χ3n) is 5.24. The number of anilines is 1. The minimum Gasteiger partial charge on any atom is -0.361 e. The van der Waals surface area contributed by atoms with E-state index < -0.39 is 0 Å². The Morgan fingerprint density at radius 2 is 2.10 bits per heavy atom. The number of para-hydroxylation sites is 1. The molecule has 4 rings (SSSR count). The van der Waals surface area contributed by atoms with E-state index in [1.807, 2.05) is 29.3 Å². The molecule has 0 aliphatic carbocycles. The number of guanidine groups is 1. The van der Waals surface area contributed by atoms with Crippen molar-refractivity contribution in [3.63, 3.8) is 0 Å². The standard InChI is InChI=1S/C22H24FN5O/c1-24-22(25-10-8-16-13-26-19-12-17(23)6-7-18(16)19)27-14-21(29)28-11-9-15-4-2-3-5-20(15)28/h2-7,12-13,26H,8-11,14H2,1H3,(H2,24,25,27). The van der Waals surface area contributed by atoms with E-state index in [9.17, 15) is 9.18 Å². The minimum atomic E-state index is -0.251. The monoisotopic (exact) mass is 393 g/mol. The van der Waals surface area contributed by atoms with Gasteiger partial charge in [-0.1, -0.05) is 18.2 Å². The second kappa shape index (κ2) is 8.34. The summed E-state index contributed by atoms with van der Waals surface area (Å²) in [6, 6.07) is 12.8. The molecule has 150 valence electrons. The minimum absolute atomic E-state index is 0.0246. The summed E-state index contributed by atoms with van der Waals surface area (Å²) in [5.41, 5.74) is 4.10. The molecule has 1 aliphatic rings. The van der Waals surface area contributed by atoms with Crippen LogP contribution >= 0.6 is 0 Å². The summed E-state index contributed by atoms with van der Waals surface area (Å²) in [5, 5.41) is 7.33. The molecule has 0 saturated heterocycles. The van der Waals surface area contributed by atoms with Gasteiger partial charge in [-0.25, -0.2) is 4.39 Å². The van der Waals surface area contributed by atoms with Gasteiger partial charge < -0.3 is 20.5 Å². The summed E-state index contributed by atoms with van der Waals surface area (Å²) in [6.45, 7) is 1.54. The van der Waals surface area contributed by atoms with Crippen molar-refractivity contribution < 1.29 is 9.18 Å². The molecule has 3 N–H and O–H groups in total. The number of amides is 1. The van der Waals surface area contributed by atoms with Gasteiger partial charge in [0, 0.05) is 42.9 Å². The summed E-state index contributed by atoms with van der Waals surface area (Å²) in [4.78, 5) is 21.7. The number of benzene rings is 2. The summed E-state index contributed by atoms with van der Waals surface area (Å²) < 4.78 is 13.3. The molecule has 0 bridgehead atoms. The zero-order valence-corrected chi connectivity index (χ0v) is 16.3. The van der Waals surface area contributed by atoms with E-state index >= 15 is 0 Å². The highest BCUT2D eigenvalue weighted by molar-refractivity contribution is 5.98. The van der Waals surface area contributed by atoms with E-state index in [1.54, 1.807) is 13.1 Å². The molecule has 0 radical (unpaired) electrons. The average Bonchev–Trinajstić information content (AvgIpc) is 3.34. The predicted molar refractivity (Wildman–Crippen MR) is 114 cm³/mol. The number of aromatic nitrogens is 1. The lowest BCUT2D eigenvalue weighted by molar-refractivity contribution is -0.117. The van der Waals surface area contributed by atoms with Crippen molar-refractivity contribution >= 4 is 28.5 Å². The zero-order valence-electron chi connectivity index (χ0n) is 16.3. The van der Waals surface area contributed by atoms with Gasteiger partial charge in [0.25, 0.3) is 0 Å². The molecule has 0 unspecified atom stereocenters. The highest BCUT2D eigenvalue weighted by atomic mass is 19.1. The molecule has 0 saturated carbocycles. The van der Waals surface area contributed by atoms with Crippen LogP contribution in [0.25, 0.3) is 10.9 Å². The summed E-state index contributed by atoms with van der Waals surface area (Å²) in [6.07, 6.45) is 3.54. The normalized spacial score (nSPS) is 13.6. The van der Waals surface area contributed by atoms with Gasteiger partial charge in [0.05, 0.1) is 6.54 Å². The topological polar surface area (TPSA) is 72.5 Å². The lowest BCUT2D eigenvalue weighted by Gasteiger charge is -2.18. The SMILES string of the molecule is CN=C(NCCc1c[nH]c2cc(F)ccc12)NCC(=O)N1CCc2ccccc21. The van der Waals surface area contributed by atoms with Crippen LogP contribution in [0.5, 0.6) is 0 Å². The van der Waals surface area contributed by atoms with Crippen molar-refractivity contribution in [1.82, 2.24) is 15.6 Å². The van der Waals surface area contributed by atoms with Crippen LogP contribution in [0, 0.1) is 5.82 Å². The first-order valence-electron chi connectivity index (χ1n) is 9.74. The number of aromatic amines is 1. The first kappa shape index (κ1) is 19.0. The Hall–Kier alpha value is -3.35. The Balaban J connectivity index is 1.28. The van der Waals surface area contributed by atoms with Gasteiger partial charge in [-0.2, -0.15) is 0 Å². The van der Waals surface area contributed by atoms with E-state index in [0.29, 0.717) is 19.0 Å². The highest BCUT2D eigenvalue weighted by Gasteiger charge is 2.23. The number of hydrogen-bond donors (Lipinski definition) is 3. The van der Waals surface area contributed by atoms with E-state index in [1.165, 1.54) is 17.7 Å². The predicted octanol–water partition coefficient (Wildman–Crippen LogP) is 2.60. The van der Waals surface area contributed by atoms with Crippen LogP contribution in [0.3, 0.4) is 0 Å². The molecule has 7 heteroatoms. The molecule has 0 atom stereocenters. The summed E-state index contributed by atoms with van der Waals surface area (Å²) in [5.74, 6) is 0.354. The van der Waals surface area contributed by atoms with E-state index in [2.05, 4.69) is 26.7 Å². The van der Waals surface area contributed by atoms with Crippen LogP contribution in [-0.2, 0) is 17.6 Å². The van der Waals surface area contributed by atoms with Crippen molar-refractivity contribution in [2.45, 2.75) is 12.8 Å². The molecule has 1 amide bonds. The summed E-state index contributed by atoms with van der Waals surface area (Å²) in [7, 11) is 1.68. The van der Waals surface area contributed by atoms with Gasteiger partial charge in [0.15, 0.2) is 5.96 Å². The molecule has 3 aromatic rings. The third-order valence-corrected chi connectivity index (χ3v) is 5.24. The molecule has 29 heavy (non-hydrogen) atoms. The second-order valence-electron chi connectivity index (χ2n) is 7.03. The number of hydrogen-bond acceptors (Lipinski definition) is 2. The number of nitrogens with one attached hydrogen (secondary N) is 3. The van der Waals surface area contributed by atoms with Gasteiger partial charge in [0.2, 0.25) is 5.91 Å². The van der Waals surface area contributed by atoms with Crippen molar-refractivity contribution in [1.29, 1.82) is 0 Å². The molecule has 1 aromatic heterocycles. The second-order valence-corrected chi connectivity index (χ2v) is 7.03. The lowest BCUT2D eigenvalue weighted by Crippen LogP contribution is -2.44. The molecule has 0 fully saturated rings. The fourth-order valence-electron chi connectivity index (χ4n) is 3.75. The van der Waals surface area contributed by atoms with Crippen LogP contribution in [0.2, 0.25) is 0 Å². The van der Waals surface area contributed by atoms with Gasteiger partial charge in [0.1, 0.15) is 5.82 Å². The number of halogens is 1. The maximum absolute atomic E-state index is 13.3. The Morgan fingerprint density at radius 3 is 2.97 bits per heavy atom. The largest absolute Gasteiger partial charge is 0.361 e. The van der Waals surface area contributed by atoms with Crippen molar-refractivity contribution in [3.05, 3.63) is 65.6 Å². The lowest BCUT2D eigenvalue weighted by atomic mass is 10.1. The maximum atomic E-state index is 13.3. The number of carbonyl (C=O) groups is 1. The Labute approximate surface area is 168 Å². The number of H-pyrrole nitrogens is 1.